The number of esters is 1. The molecule has 0 aromatic heterocycles. The molecule has 1 unspecified atom stereocenters. The van der Waals surface area contributed by atoms with Crippen LogP contribution in [0.2, 0.25) is 0 Å². The van der Waals surface area contributed by atoms with Gasteiger partial charge in [-0.1, -0.05) is 6.92 Å². The van der Waals surface area contributed by atoms with Crippen molar-refractivity contribution in [3.8, 4) is 5.75 Å². The number of carbonyl (C=O) groups is 2. The summed E-state index contributed by atoms with van der Waals surface area (Å²) in [5.74, 6) is 0.384. The predicted molar refractivity (Wildman–Crippen MR) is 80.7 cm³/mol. The number of methoxy groups -OCH3 is 2. The van der Waals surface area contributed by atoms with Crippen LogP contribution in [0.1, 0.15) is 36.5 Å². The van der Waals surface area contributed by atoms with Crippen molar-refractivity contribution >= 4 is 11.8 Å². The second-order valence-corrected chi connectivity index (χ2v) is 4.71. The molecule has 0 heterocycles. The number of benzene rings is 1. The van der Waals surface area contributed by atoms with Crippen molar-refractivity contribution in [1.82, 2.24) is 5.32 Å². The van der Waals surface area contributed by atoms with Crippen molar-refractivity contribution in [2.45, 2.75) is 32.2 Å². The molecule has 1 N–H and O–H groups in total. The number of hydrogen-bond acceptors (Lipinski definition) is 5. The summed E-state index contributed by atoms with van der Waals surface area (Å²) < 4.78 is 9.71. The smallest absolute Gasteiger partial charge is 0.305 e. The summed E-state index contributed by atoms with van der Waals surface area (Å²) in [4.78, 5) is 23.8. The molecule has 1 atom stereocenters. The first kappa shape index (κ1) is 17.2. The third-order valence-corrected chi connectivity index (χ3v) is 3.20. The predicted octanol–water partition coefficient (Wildman–Crippen LogP) is 2.20. The summed E-state index contributed by atoms with van der Waals surface area (Å²) in [6.07, 6.45) is 1.57. The molecule has 1 aromatic rings. The van der Waals surface area contributed by atoms with Gasteiger partial charge in [-0.15, -0.1) is 0 Å². The van der Waals surface area contributed by atoms with Crippen LogP contribution in [0.4, 0.5) is 0 Å². The van der Waals surface area contributed by atoms with Gasteiger partial charge in [0, 0.05) is 12.0 Å². The van der Waals surface area contributed by atoms with Gasteiger partial charge in [-0.3, -0.25) is 9.59 Å². The number of rotatable bonds is 9. The molecule has 0 aliphatic carbocycles. The Morgan fingerprint density at radius 3 is 2.38 bits per heavy atom. The topological polar surface area (TPSA) is 64.6 Å². The third kappa shape index (κ3) is 5.55. The molecule has 5 heteroatoms. The molecule has 0 spiro atoms. The van der Waals surface area contributed by atoms with Gasteiger partial charge in [-0.05, 0) is 43.7 Å². The van der Waals surface area contributed by atoms with E-state index in [1.54, 1.807) is 31.4 Å². The normalized spacial score (nSPS) is 11.8. The Balaban J connectivity index is 2.74. The third-order valence-electron chi connectivity index (χ3n) is 3.20. The van der Waals surface area contributed by atoms with Crippen LogP contribution in [-0.2, 0) is 9.53 Å². The minimum Gasteiger partial charge on any atom is -0.497 e. The Morgan fingerprint density at radius 1 is 1.19 bits per heavy atom. The zero-order chi connectivity index (χ0) is 15.7. The van der Waals surface area contributed by atoms with Gasteiger partial charge < -0.3 is 14.8 Å². The molecule has 0 aliphatic rings. The van der Waals surface area contributed by atoms with Gasteiger partial charge in [-0.2, -0.15) is 0 Å². The highest BCUT2D eigenvalue weighted by molar-refractivity contribution is 6.00. The number of ketones is 1. The van der Waals surface area contributed by atoms with Crippen LogP contribution in [-0.4, -0.2) is 38.6 Å². The average Bonchev–Trinajstić information content (AvgIpc) is 2.54. The fraction of sp³-hybridized carbons (Fsp3) is 0.500. The highest BCUT2D eigenvalue weighted by Crippen LogP contribution is 2.14. The number of Topliss-reactive ketones (excluding diaryl/α,β-unsaturated/α-hetero) is 1. The quantitative estimate of drug-likeness (QED) is 0.558. The number of carbonyl (C=O) groups excluding carboxylic acids is 2. The fourth-order valence-corrected chi connectivity index (χ4v) is 1.97. The molecule has 0 bridgehead atoms. The maximum absolute atomic E-state index is 12.5. The van der Waals surface area contributed by atoms with Crippen LogP contribution in [0.3, 0.4) is 0 Å². The van der Waals surface area contributed by atoms with Gasteiger partial charge >= 0.3 is 5.97 Å². The lowest BCUT2D eigenvalue weighted by Crippen LogP contribution is -2.37. The number of hydrogen-bond donors (Lipinski definition) is 1. The van der Waals surface area contributed by atoms with Crippen molar-refractivity contribution in [2.75, 3.05) is 20.8 Å². The van der Waals surface area contributed by atoms with E-state index in [2.05, 4.69) is 10.1 Å². The molecule has 116 valence electrons. The molecule has 0 amide bonds. The molecule has 5 nitrogen and oxygen atoms in total. The summed E-state index contributed by atoms with van der Waals surface area (Å²) in [6.45, 7) is 2.76. The van der Waals surface area contributed by atoms with Gasteiger partial charge in [-0.25, -0.2) is 0 Å². The van der Waals surface area contributed by atoms with Crippen LogP contribution in [0.25, 0.3) is 0 Å². The van der Waals surface area contributed by atoms with Crippen molar-refractivity contribution in [3.63, 3.8) is 0 Å². The molecule has 1 aromatic carbocycles. The van der Waals surface area contributed by atoms with E-state index in [-0.39, 0.29) is 24.2 Å². The van der Waals surface area contributed by atoms with Crippen LogP contribution in [0, 0.1) is 0 Å². The largest absolute Gasteiger partial charge is 0.497 e. The zero-order valence-corrected chi connectivity index (χ0v) is 12.8. The molecule has 0 saturated heterocycles. The summed E-state index contributed by atoms with van der Waals surface area (Å²) in [5, 5.41) is 3.19. The SMILES string of the molecule is CCCNC(CCC(=O)OC)C(=O)c1ccc(OC)cc1. The Hall–Kier alpha value is -1.88. The number of ether oxygens (including phenoxy) is 2. The van der Waals surface area contributed by atoms with Gasteiger partial charge in [0.05, 0.1) is 20.3 Å². The van der Waals surface area contributed by atoms with Gasteiger partial charge in [0.2, 0.25) is 0 Å². The first-order valence-corrected chi connectivity index (χ1v) is 7.10. The first-order chi connectivity index (χ1) is 10.1. The Kier molecular flexibility index (Phi) is 7.46. The highest BCUT2D eigenvalue weighted by Gasteiger charge is 2.20. The van der Waals surface area contributed by atoms with Gasteiger partial charge in [0.25, 0.3) is 0 Å². The summed E-state index contributed by atoms with van der Waals surface area (Å²) >= 11 is 0. The standard InChI is InChI=1S/C16H23NO4/c1-4-11-17-14(9-10-15(18)21-3)16(19)12-5-7-13(20-2)8-6-12/h5-8,14,17H,4,9-11H2,1-3H3. The molecule has 1 rings (SSSR count). The second kappa shape index (κ2) is 9.13. The second-order valence-electron chi connectivity index (χ2n) is 4.71. The lowest BCUT2D eigenvalue weighted by molar-refractivity contribution is -0.140. The minimum atomic E-state index is -0.377. The minimum absolute atomic E-state index is 0.0185. The summed E-state index contributed by atoms with van der Waals surface area (Å²) in [5.41, 5.74) is 0.606. The van der Waals surface area contributed by atoms with E-state index in [0.29, 0.717) is 17.7 Å². The zero-order valence-electron chi connectivity index (χ0n) is 12.8. The maximum atomic E-state index is 12.5. The van der Waals surface area contributed by atoms with Gasteiger partial charge in [0.1, 0.15) is 5.75 Å². The summed E-state index contributed by atoms with van der Waals surface area (Å²) in [6, 6.07) is 6.60. The fourth-order valence-electron chi connectivity index (χ4n) is 1.97. The van der Waals surface area contributed by atoms with Crippen LogP contribution >= 0.6 is 0 Å². The summed E-state index contributed by atoms with van der Waals surface area (Å²) in [7, 11) is 2.93. The van der Waals surface area contributed by atoms with Crippen molar-refractivity contribution < 1.29 is 19.1 Å². The molecule has 0 saturated carbocycles. The molecule has 0 fully saturated rings. The van der Waals surface area contributed by atoms with Crippen molar-refractivity contribution in [1.29, 1.82) is 0 Å². The molecule has 0 aliphatic heterocycles. The average molecular weight is 293 g/mol. The van der Waals surface area contributed by atoms with E-state index in [4.69, 9.17) is 4.74 Å². The van der Waals surface area contributed by atoms with Crippen LogP contribution in [0.15, 0.2) is 24.3 Å². The highest BCUT2D eigenvalue weighted by atomic mass is 16.5. The molecular formula is C16H23NO4. The molecule has 0 radical (unpaired) electrons. The van der Waals surface area contributed by atoms with Gasteiger partial charge in [0.15, 0.2) is 5.78 Å². The van der Waals surface area contributed by atoms with E-state index >= 15 is 0 Å². The van der Waals surface area contributed by atoms with E-state index in [9.17, 15) is 9.59 Å². The van der Waals surface area contributed by atoms with E-state index < -0.39 is 0 Å². The number of nitrogens with one attached hydrogen (secondary N) is 1. The Morgan fingerprint density at radius 2 is 1.86 bits per heavy atom. The van der Waals surface area contributed by atoms with Crippen molar-refractivity contribution in [3.05, 3.63) is 29.8 Å². The van der Waals surface area contributed by atoms with E-state index in [1.165, 1.54) is 7.11 Å². The van der Waals surface area contributed by atoms with E-state index in [1.807, 2.05) is 6.92 Å². The lowest BCUT2D eigenvalue weighted by atomic mass is 10.00. The Bertz CT molecular complexity index is 456. The Labute approximate surface area is 125 Å². The maximum Gasteiger partial charge on any atom is 0.305 e. The first-order valence-electron chi connectivity index (χ1n) is 7.10. The lowest BCUT2D eigenvalue weighted by Gasteiger charge is -2.17. The van der Waals surface area contributed by atoms with E-state index in [0.717, 1.165) is 13.0 Å². The molecule has 21 heavy (non-hydrogen) atoms. The van der Waals surface area contributed by atoms with Crippen molar-refractivity contribution in [2.24, 2.45) is 0 Å². The molecular weight excluding hydrogens is 270 g/mol. The monoisotopic (exact) mass is 293 g/mol. The van der Waals surface area contributed by atoms with Crippen LogP contribution < -0.4 is 10.1 Å². The van der Waals surface area contributed by atoms with Crippen LogP contribution in [0.5, 0.6) is 5.75 Å².